The van der Waals surface area contributed by atoms with Crippen molar-refractivity contribution in [3.63, 3.8) is 0 Å². The van der Waals surface area contributed by atoms with Crippen LogP contribution in [0.3, 0.4) is 0 Å². The van der Waals surface area contributed by atoms with Gasteiger partial charge in [0.15, 0.2) is 5.78 Å². The van der Waals surface area contributed by atoms with Crippen LogP contribution in [0.1, 0.15) is 28.4 Å². The number of carbonyl (C=O) groups excluding carboxylic acids is 3. The lowest BCUT2D eigenvalue weighted by molar-refractivity contribution is -0.141. The molecule has 0 fully saturated rings. The Morgan fingerprint density at radius 3 is 2.33 bits per heavy atom. The first-order valence-electron chi connectivity index (χ1n) is 8.27. The molecule has 0 aliphatic heterocycles. The second kappa shape index (κ2) is 10.5. The van der Waals surface area contributed by atoms with Gasteiger partial charge in [0, 0.05) is 5.56 Å². The van der Waals surface area contributed by atoms with Crippen molar-refractivity contribution in [3.8, 4) is 0 Å². The standard InChI is InChI=1S/C20H20FNO4S/c1-26-20(25)11-17(14-7-9-16(21)10-8-14)22-19(24)13-27-12-18(23)15-5-3-2-4-6-15/h2-10,17H,11-13H2,1H3,(H,22,24)/t17-/m0/s1. The highest BCUT2D eigenvalue weighted by Crippen LogP contribution is 2.18. The number of ether oxygens (including phenoxy) is 1. The Morgan fingerprint density at radius 1 is 1.04 bits per heavy atom. The Balaban J connectivity index is 1.90. The lowest BCUT2D eigenvalue weighted by Crippen LogP contribution is -2.32. The Hall–Kier alpha value is -2.67. The van der Waals surface area contributed by atoms with Crippen LogP contribution in [0.4, 0.5) is 4.39 Å². The molecule has 0 aromatic heterocycles. The third-order valence-electron chi connectivity index (χ3n) is 3.77. The fraction of sp³-hybridized carbons (Fsp3) is 0.250. The van der Waals surface area contributed by atoms with Crippen molar-refractivity contribution in [2.75, 3.05) is 18.6 Å². The summed E-state index contributed by atoms with van der Waals surface area (Å²) >= 11 is 1.19. The zero-order valence-electron chi connectivity index (χ0n) is 14.8. The van der Waals surface area contributed by atoms with E-state index < -0.39 is 17.8 Å². The van der Waals surface area contributed by atoms with E-state index in [1.165, 1.54) is 43.1 Å². The van der Waals surface area contributed by atoms with Crippen LogP contribution >= 0.6 is 11.8 Å². The number of carbonyl (C=O) groups is 3. The molecule has 2 aromatic rings. The Kier molecular flexibility index (Phi) is 8.00. The number of amides is 1. The number of Topliss-reactive ketones (excluding diaryl/α,β-unsaturated/α-hetero) is 1. The molecule has 1 atom stereocenters. The SMILES string of the molecule is COC(=O)C[C@H](NC(=O)CSCC(=O)c1ccccc1)c1ccc(F)cc1. The van der Waals surface area contributed by atoms with Gasteiger partial charge in [0.25, 0.3) is 0 Å². The van der Waals surface area contributed by atoms with E-state index in [4.69, 9.17) is 0 Å². The fourth-order valence-electron chi connectivity index (χ4n) is 2.38. The maximum atomic E-state index is 13.1. The van der Waals surface area contributed by atoms with Gasteiger partial charge in [-0.1, -0.05) is 42.5 Å². The minimum Gasteiger partial charge on any atom is -0.469 e. The zero-order valence-corrected chi connectivity index (χ0v) is 15.6. The number of halogens is 1. The average molecular weight is 389 g/mol. The molecule has 7 heteroatoms. The van der Waals surface area contributed by atoms with Crippen molar-refractivity contribution >= 4 is 29.4 Å². The van der Waals surface area contributed by atoms with Crippen LogP contribution < -0.4 is 5.32 Å². The predicted octanol–water partition coefficient (Wildman–Crippen LogP) is 3.16. The summed E-state index contributed by atoms with van der Waals surface area (Å²) in [4.78, 5) is 35.9. The number of nitrogens with one attached hydrogen (secondary N) is 1. The second-order valence-electron chi connectivity index (χ2n) is 5.73. The predicted molar refractivity (Wildman–Crippen MR) is 102 cm³/mol. The highest BCUT2D eigenvalue weighted by molar-refractivity contribution is 8.00. The highest BCUT2D eigenvalue weighted by Gasteiger charge is 2.19. The summed E-state index contributed by atoms with van der Waals surface area (Å²) in [5.41, 5.74) is 1.20. The molecule has 1 N–H and O–H groups in total. The van der Waals surface area contributed by atoms with E-state index in [-0.39, 0.29) is 29.6 Å². The third kappa shape index (κ3) is 6.86. The van der Waals surface area contributed by atoms with Gasteiger partial charge >= 0.3 is 5.97 Å². The van der Waals surface area contributed by atoms with Crippen LogP contribution in [0.15, 0.2) is 54.6 Å². The van der Waals surface area contributed by atoms with Gasteiger partial charge in [-0.15, -0.1) is 11.8 Å². The van der Waals surface area contributed by atoms with E-state index in [2.05, 4.69) is 10.1 Å². The summed E-state index contributed by atoms with van der Waals surface area (Å²) in [6.07, 6.45) is -0.0680. The molecule has 142 valence electrons. The van der Waals surface area contributed by atoms with Crippen LogP contribution in [0, 0.1) is 5.82 Å². The van der Waals surface area contributed by atoms with Gasteiger partial charge in [-0.2, -0.15) is 0 Å². The van der Waals surface area contributed by atoms with Crippen molar-refractivity contribution in [2.24, 2.45) is 0 Å². The minimum atomic E-state index is -0.629. The first-order valence-corrected chi connectivity index (χ1v) is 9.42. The van der Waals surface area contributed by atoms with Gasteiger partial charge in [0.05, 0.1) is 31.1 Å². The van der Waals surface area contributed by atoms with Crippen LogP contribution in [0.25, 0.3) is 0 Å². The molecule has 0 saturated heterocycles. The molecular formula is C20H20FNO4S. The second-order valence-corrected chi connectivity index (χ2v) is 6.72. The van der Waals surface area contributed by atoms with E-state index in [0.717, 1.165) is 0 Å². The summed E-state index contributed by atoms with van der Waals surface area (Å²) < 4.78 is 17.8. The van der Waals surface area contributed by atoms with Crippen molar-refractivity contribution in [1.29, 1.82) is 0 Å². The molecule has 0 aliphatic carbocycles. The summed E-state index contributed by atoms with van der Waals surface area (Å²) in [5, 5.41) is 2.74. The number of hydrogen-bond donors (Lipinski definition) is 1. The molecule has 0 aliphatic rings. The number of methoxy groups -OCH3 is 1. The molecule has 5 nitrogen and oxygen atoms in total. The quantitative estimate of drug-likeness (QED) is 0.527. The summed E-state index contributed by atoms with van der Waals surface area (Å²) in [5.74, 6) is -1.03. The molecule has 27 heavy (non-hydrogen) atoms. The Bertz CT molecular complexity index is 780. The maximum absolute atomic E-state index is 13.1. The van der Waals surface area contributed by atoms with Crippen molar-refractivity contribution in [3.05, 3.63) is 71.5 Å². The van der Waals surface area contributed by atoms with E-state index in [9.17, 15) is 18.8 Å². The smallest absolute Gasteiger partial charge is 0.307 e. The van der Waals surface area contributed by atoms with Gasteiger partial charge in [-0.3, -0.25) is 14.4 Å². The van der Waals surface area contributed by atoms with Crippen molar-refractivity contribution in [1.82, 2.24) is 5.32 Å². The fourth-order valence-corrected chi connectivity index (χ4v) is 3.10. The monoisotopic (exact) mass is 389 g/mol. The highest BCUT2D eigenvalue weighted by atomic mass is 32.2. The number of ketones is 1. The Morgan fingerprint density at radius 2 is 1.70 bits per heavy atom. The van der Waals surface area contributed by atoms with E-state index in [0.29, 0.717) is 11.1 Å². The number of thioether (sulfide) groups is 1. The van der Waals surface area contributed by atoms with Crippen LogP contribution in [0.2, 0.25) is 0 Å². The number of hydrogen-bond acceptors (Lipinski definition) is 5. The molecule has 2 aromatic carbocycles. The zero-order chi connectivity index (χ0) is 19.6. The van der Waals surface area contributed by atoms with E-state index in [1.54, 1.807) is 24.3 Å². The van der Waals surface area contributed by atoms with Gasteiger partial charge in [0.1, 0.15) is 5.82 Å². The molecular weight excluding hydrogens is 369 g/mol. The molecule has 0 heterocycles. The average Bonchev–Trinajstić information content (AvgIpc) is 2.68. The molecule has 0 unspecified atom stereocenters. The van der Waals surface area contributed by atoms with E-state index in [1.807, 2.05) is 6.07 Å². The van der Waals surface area contributed by atoms with Crippen LogP contribution in [-0.4, -0.2) is 36.3 Å². The van der Waals surface area contributed by atoms with Gasteiger partial charge in [0.2, 0.25) is 5.91 Å². The van der Waals surface area contributed by atoms with Gasteiger partial charge < -0.3 is 10.1 Å². The summed E-state index contributed by atoms with van der Waals surface area (Å²) in [6.45, 7) is 0. The minimum absolute atomic E-state index is 0.0574. The number of benzene rings is 2. The lowest BCUT2D eigenvalue weighted by Gasteiger charge is -2.18. The van der Waals surface area contributed by atoms with Gasteiger partial charge in [-0.25, -0.2) is 4.39 Å². The molecule has 0 bridgehead atoms. The van der Waals surface area contributed by atoms with E-state index >= 15 is 0 Å². The maximum Gasteiger partial charge on any atom is 0.307 e. The third-order valence-corrected chi connectivity index (χ3v) is 4.70. The van der Waals surface area contributed by atoms with Crippen LogP contribution in [0.5, 0.6) is 0 Å². The first kappa shape index (κ1) is 20.6. The first-order chi connectivity index (χ1) is 13.0. The van der Waals surface area contributed by atoms with Crippen molar-refractivity contribution in [2.45, 2.75) is 12.5 Å². The normalized spacial score (nSPS) is 11.5. The lowest BCUT2D eigenvalue weighted by atomic mass is 10.0. The number of esters is 1. The largest absolute Gasteiger partial charge is 0.469 e. The Labute approximate surface area is 161 Å². The van der Waals surface area contributed by atoms with Crippen LogP contribution in [-0.2, 0) is 14.3 Å². The van der Waals surface area contributed by atoms with Gasteiger partial charge in [-0.05, 0) is 17.7 Å². The molecule has 0 spiro atoms. The number of rotatable bonds is 9. The topological polar surface area (TPSA) is 72.5 Å². The molecule has 0 saturated carbocycles. The summed E-state index contributed by atoms with van der Waals surface area (Å²) in [6, 6.07) is 13.8. The summed E-state index contributed by atoms with van der Waals surface area (Å²) in [7, 11) is 1.26. The van der Waals surface area contributed by atoms with Crippen molar-refractivity contribution < 1.29 is 23.5 Å². The molecule has 1 amide bonds. The molecule has 2 rings (SSSR count). The molecule has 0 radical (unpaired) electrons.